The zero-order chi connectivity index (χ0) is 11.5. The predicted octanol–water partition coefficient (Wildman–Crippen LogP) is 2.00. The largest absolute Gasteiger partial charge is 0.388 e. The lowest BCUT2D eigenvalue weighted by atomic mass is 9.88. The van der Waals surface area contributed by atoms with Gasteiger partial charge in [0.25, 0.3) is 0 Å². The third kappa shape index (κ3) is 2.23. The molecule has 0 amide bonds. The summed E-state index contributed by atoms with van der Waals surface area (Å²) in [5.74, 6) is -1.81. The van der Waals surface area contributed by atoms with Crippen LogP contribution in [-0.2, 0) is 0 Å². The summed E-state index contributed by atoms with van der Waals surface area (Å²) in [5.41, 5.74) is 0.0758. The number of benzene rings is 1. The van der Waals surface area contributed by atoms with Crippen LogP contribution in [0.3, 0.4) is 0 Å². The van der Waals surface area contributed by atoms with Gasteiger partial charge in [0.1, 0.15) is 0 Å². The van der Waals surface area contributed by atoms with Gasteiger partial charge in [0, 0.05) is 5.56 Å². The highest BCUT2D eigenvalue weighted by molar-refractivity contribution is 5.22. The van der Waals surface area contributed by atoms with Crippen LogP contribution >= 0.6 is 0 Å². The van der Waals surface area contributed by atoms with Crippen LogP contribution in [0.25, 0.3) is 0 Å². The van der Waals surface area contributed by atoms with Crippen molar-refractivity contribution in [1.29, 1.82) is 0 Å². The lowest BCUT2D eigenvalue weighted by molar-refractivity contribution is 0.0849. The molecule has 1 saturated heterocycles. The zero-order valence-corrected chi connectivity index (χ0v) is 8.92. The van der Waals surface area contributed by atoms with Gasteiger partial charge < -0.3 is 10.4 Å². The Hall–Kier alpha value is -1.00. The first-order valence-electron chi connectivity index (χ1n) is 5.53. The number of rotatable bonds is 2. The lowest BCUT2D eigenvalue weighted by Crippen LogP contribution is -2.31. The molecule has 1 heterocycles. The fourth-order valence-electron chi connectivity index (χ4n) is 2.16. The van der Waals surface area contributed by atoms with Crippen molar-refractivity contribution < 1.29 is 13.9 Å². The Balaban J connectivity index is 2.19. The summed E-state index contributed by atoms with van der Waals surface area (Å²) in [5, 5.41) is 13.2. The Morgan fingerprint density at radius 3 is 2.62 bits per heavy atom. The molecule has 4 heteroatoms. The van der Waals surface area contributed by atoms with Gasteiger partial charge in [-0.2, -0.15) is 0 Å². The fourth-order valence-corrected chi connectivity index (χ4v) is 2.16. The summed E-state index contributed by atoms with van der Waals surface area (Å²) in [7, 11) is 0. The van der Waals surface area contributed by atoms with Crippen molar-refractivity contribution in [3.8, 4) is 0 Å². The van der Waals surface area contributed by atoms with Gasteiger partial charge in [-0.3, -0.25) is 0 Å². The summed E-state index contributed by atoms with van der Waals surface area (Å²) < 4.78 is 26.5. The first-order valence-corrected chi connectivity index (χ1v) is 5.53. The molecule has 1 aliphatic rings. The van der Waals surface area contributed by atoms with Crippen LogP contribution < -0.4 is 5.32 Å². The first kappa shape index (κ1) is 11.5. The molecule has 0 saturated carbocycles. The molecule has 0 spiro atoms. The average molecular weight is 227 g/mol. The minimum Gasteiger partial charge on any atom is -0.388 e. The van der Waals surface area contributed by atoms with Gasteiger partial charge in [-0.1, -0.05) is 12.1 Å². The second-order valence-corrected chi connectivity index (χ2v) is 4.18. The zero-order valence-electron chi connectivity index (χ0n) is 8.92. The van der Waals surface area contributed by atoms with Crippen molar-refractivity contribution >= 4 is 0 Å². The molecule has 88 valence electrons. The summed E-state index contributed by atoms with van der Waals surface area (Å²) in [4.78, 5) is 0. The molecule has 1 fully saturated rings. The van der Waals surface area contributed by atoms with E-state index in [-0.39, 0.29) is 11.5 Å². The SMILES string of the molecule is OC(c1cccc(F)c1F)C1CCNCC1. The second kappa shape index (κ2) is 4.89. The monoisotopic (exact) mass is 227 g/mol. The minimum absolute atomic E-state index is 0.0116. The molecule has 0 radical (unpaired) electrons. The number of aliphatic hydroxyl groups is 1. The van der Waals surface area contributed by atoms with Gasteiger partial charge in [0.05, 0.1) is 6.10 Å². The van der Waals surface area contributed by atoms with Crippen molar-refractivity contribution in [2.75, 3.05) is 13.1 Å². The minimum atomic E-state index is -0.923. The van der Waals surface area contributed by atoms with E-state index in [0.717, 1.165) is 32.0 Å². The molecule has 0 bridgehead atoms. The Labute approximate surface area is 93.3 Å². The molecule has 0 aromatic heterocycles. The lowest BCUT2D eigenvalue weighted by Gasteiger charge is -2.27. The highest BCUT2D eigenvalue weighted by atomic mass is 19.2. The van der Waals surface area contributed by atoms with Gasteiger partial charge in [0.15, 0.2) is 11.6 Å². The summed E-state index contributed by atoms with van der Waals surface area (Å²) in [6.07, 6.45) is 0.673. The molecular formula is C12H15F2NO. The Kier molecular flexibility index (Phi) is 3.51. The highest BCUT2D eigenvalue weighted by Crippen LogP contribution is 2.30. The Bertz CT molecular complexity index is 364. The number of hydrogen-bond donors (Lipinski definition) is 2. The Morgan fingerprint density at radius 1 is 1.25 bits per heavy atom. The van der Waals surface area contributed by atoms with Crippen molar-refractivity contribution in [2.45, 2.75) is 18.9 Å². The molecular weight excluding hydrogens is 212 g/mol. The van der Waals surface area contributed by atoms with Crippen LogP contribution in [0.1, 0.15) is 24.5 Å². The number of aliphatic hydroxyl groups excluding tert-OH is 1. The van der Waals surface area contributed by atoms with E-state index in [4.69, 9.17) is 0 Å². The normalized spacial score (nSPS) is 19.7. The van der Waals surface area contributed by atoms with Crippen LogP contribution in [0.4, 0.5) is 8.78 Å². The van der Waals surface area contributed by atoms with Crippen molar-refractivity contribution in [1.82, 2.24) is 5.32 Å². The topological polar surface area (TPSA) is 32.3 Å². The van der Waals surface area contributed by atoms with E-state index in [0.29, 0.717) is 0 Å². The number of piperidine rings is 1. The van der Waals surface area contributed by atoms with E-state index in [1.165, 1.54) is 12.1 Å². The van der Waals surface area contributed by atoms with Crippen molar-refractivity contribution in [3.63, 3.8) is 0 Å². The quantitative estimate of drug-likeness (QED) is 0.810. The van der Waals surface area contributed by atoms with E-state index in [1.54, 1.807) is 0 Å². The molecule has 2 N–H and O–H groups in total. The van der Waals surface area contributed by atoms with Crippen molar-refractivity contribution in [2.24, 2.45) is 5.92 Å². The molecule has 0 aliphatic carbocycles. The van der Waals surface area contributed by atoms with Crippen LogP contribution in [-0.4, -0.2) is 18.2 Å². The summed E-state index contributed by atoms with van der Waals surface area (Å²) in [6, 6.07) is 3.94. The fraction of sp³-hybridized carbons (Fsp3) is 0.500. The average Bonchev–Trinajstić information content (AvgIpc) is 2.33. The van der Waals surface area contributed by atoms with E-state index in [1.807, 2.05) is 0 Å². The van der Waals surface area contributed by atoms with E-state index >= 15 is 0 Å². The van der Waals surface area contributed by atoms with Crippen LogP contribution in [0.15, 0.2) is 18.2 Å². The van der Waals surface area contributed by atoms with Crippen LogP contribution in [0.5, 0.6) is 0 Å². The molecule has 1 atom stereocenters. The van der Waals surface area contributed by atoms with E-state index in [2.05, 4.69) is 5.32 Å². The van der Waals surface area contributed by atoms with Crippen LogP contribution in [0.2, 0.25) is 0 Å². The molecule has 2 rings (SSSR count). The third-order valence-electron chi connectivity index (χ3n) is 3.13. The number of nitrogens with one attached hydrogen (secondary N) is 1. The van der Waals surface area contributed by atoms with Crippen molar-refractivity contribution in [3.05, 3.63) is 35.4 Å². The van der Waals surface area contributed by atoms with Gasteiger partial charge >= 0.3 is 0 Å². The standard InChI is InChI=1S/C12H15F2NO/c13-10-3-1-2-9(11(10)14)12(16)8-4-6-15-7-5-8/h1-3,8,12,15-16H,4-7H2. The second-order valence-electron chi connectivity index (χ2n) is 4.18. The van der Waals surface area contributed by atoms with Gasteiger partial charge in [-0.15, -0.1) is 0 Å². The first-order chi connectivity index (χ1) is 7.70. The third-order valence-corrected chi connectivity index (χ3v) is 3.13. The maximum absolute atomic E-state index is 13.5. The summed E-state index contributed by atoms with van der Waals surface area (Å²) in [6.45, 7) is 1.64. The van der Waals surface area contributed by atoms with E-state index in [9.17, 15) is 13.9 Å². The van der Waals surface area contributed by atoms with Gasteiger partial charge in [-0.25, -0.2) is 8.78 Å². The number of hydrogen-bond acceptors (Lipinski definition) is 2. The smallest absolute Gasteiger partial charge is 0.164 e. The molecule has 1 aromatic carbocycles. The molecule has 1 aromatic rings. The number of halogens is 2. The van der Waals surface area contributed by atoms with Gasteiger partial charge in [0.2, 0.25) is 0 Å². The maximum atomic E-state index is 13.5. The molecule has 1 aliphatic heterocycles. The van der Waals surface area contributed by atoms with Crippen LogP contribution in [0, 0.1) is 17.6 Å². The maximum Gasteiger partial charge on any atom is 0.164 e. The molecule has 1 unspecified atom stereocenters. The van der Waals surface area contributed by atoms with E-state index < -0.39 is 17.7 Å². The Morgan fingerprint density at radius 2 is 1.94 bits per heavy atom. The molecule has 16 heavy (non-hydrogen) atoms. The van der Waals surface area contributed by atoms with Gasteiger partial charge in [-0.05, 0) is 37.9 Å². The molecule has 2 nitrogen and oxygen atoms in total. The predicted molar refractivity (Wildman–Crippen MR) is 56.9 cm³/mol. The highest BCUT2D eigenvalue weighted by Gasteiger charge is 2.25. The summed E-state index contributed by atoms with van der Waals surface area (Å²) >= 11 is 0.